The number of hydrogen-bond acceptors (Lipinski definition) is 3. The first-order valence-corrected chi connectivity index (χ1v) is 9.26. The summed E-state index contributed by atoms with van der Waals surface area (Å²) in [5.74, 6) is -0.189. The van der Waals surface area contributed by atoms with Crippen molar-refractivity contribution in [3.63, 3.8) is 0 Å². The Kier molecular flexibility index (Phi) is 6.91. The first kappa shape index (κ1) is 19.3. The third kappa shape index (κ3) is 5.80. The van der Waals surface area contributed by atoms with Crippen molar-refractivity contribution in [2.45, 2.75) is 37.3 Å². The second-order valence-electron chi connectivity index (χ2n) is 5.67. The van der Waals surface area contributed by atoms with Crippen LogP contribution < -0.4 is 10.6 Å². The maximum atomic E-state index is 12.6. The van der Waals surface area contributed by atoms with E-state index in [2.05, 4.69) is 10.6 Å². The zero-order valence-electron chi connectivity index (χ0n) is 14.4. The summed E-state index contributed by atoms with van der Waals surface area (Å²) >= 11 is 7.48. The van der Waals surface area contributed by atoms with Crippen LogP contribution in [-0.2, 0) is 9.59 Å². The summed E-state index contributed by atoms with van der Waals surface area (Å²) in [6.07, 6.45) is 0.681. The van der Waals surface area contributed by atoms with Gasteiger partial charge >= 0.3 is 0 Å². The van der Waals surface area contributed by atoms with Crippen molar-refractivity contribution >= 4 is 46.6 Å². The van der Waals surface area contributed by atoms with Crippen LogP contribution in [-0.4, -0.2) is 17.1 Å². The number of aryl methyl sites for hydroxylation is 1. The molecule has 2 aromatic carbocycles. The fourth-order valence-electron chi connectivity index (χ4n) is 2.28. The Morgan fingerprint density at radius 2 is 1.92 bits per heavy atom. The largest absolute Gasteiger partial charge is 0.326 e. The van der Waals surface area contributed by atoms with Gasteiger partial charge in [0.05, 0.1) is 5.25 Å². The molecular weight excluding hydrogens is 356 g/mol. The molecule has 132 valence electrons. The molecule has 25 heavy (non-hydrogen) atoms. The third-order valence-corrected chi connectivity index (χ3v) is 5.15. The lowest BCUT2D eigenvalue weighted by Crippen LogP contribution is -2.25. The number of carbonyl (C=O) groups is 2. The van der Waals surface area contributed by atoms with E-state index < -0.39 is 0 Å². The highest BCUT2D eigenvalue weighted by molar-refractivity contribution is 8.00. The second-order valence-corrected chi connectivity index (χ2v) is 7.38. The van der Waals surface area contributed by atoms with Crippen LogP contribution in [0.4, 0.5) is 11.4 Å². The van der Waals surface area contributed by atoms with Gasteiger partial charge in [0, 0.05) is 28.2 Å². The van der Waals surface area contributed by atoms with E-state index in [0.717, 1.165) is 21.8 Å². The molecule has 1 atom stereocenters. The summed E-state index contributed by atoms with van der Waals surface area (Å²) in [5.41, 5.74) is 2.41. The average Bonchev–Trinajstić information content (AvgIpc) is 2.55. The van der Waals surface area contributed by atoms with Crippen LogP contribution in [0.1, 0.15) is 25.8 Å². The van der Waals surface area contributed by atoms with Crippen molar-refractivity contribution in [1.29, 1.82) is 0 Å². The average molecular weight is 377 g/mol. The Morgan fingerprint density at radius 1 is 1.16 bits per heavy atom. The molecule has 0 saturated heterocycles. The molecular formula is C19H21ClN2O2S. The molecule has 0 saturated carbocycles. The number of rotatable bonds is 6. The monoisotopic (exact) mass is 376 g/mol. The Hall–Kier alpha value is -1.98. The van der Waals surface area contributed by atoms with E-state index in [1.54, 1.807) is 12.1 Å². The standard InChI is InChI=1S/C19H21ClN2O2S/c1-4-18(19(24)22-17-10-14(20)9-8-12(17)2)25-16-7-5-6-15(11-16)21-13(3)23/h5-11,18H,4H2,1-3H3,(H,21,23)(H,22,24). The molecule has 2 N–H and O–H groups in total. The number of hydrogen-bond donors (Lipinski definition) is 2. The van der Waals surface area contributed by atoms with Crippen LogP contribution in [0, 0.1) is 6.92 Å². The predicted molar refractivity (Wildman–Crippen MR) is 106 cm³/mol. The van der Waals surface area contributed by atoms with Crippen molar-refractivity contribution in [3.8, 4) is 0 Å². The summed E-state index contributed by atoms with van der Waals surface area (Å²) in [5, 5.41) is 6.05. The molecule has 2 aromatic rings. The van der Waals surface area contributed by atoms with Gasteiger partial charge in [-0.1, -0.05) is 30.7 Å². The van der Waals surface area contributed by atoms with E-state index in [9.17, 15) is 9.59 Å². The number of halogens is 1. The lowest BCUT2D eigenvalue weighted by molar-refractivity contribution is -0.116. The fraction of sp³-hybridized carbons (Fsp3) is 0.263. The van der Waals surface area contributed by atoms with E-state index in [1.165, 1.54) is 18.7 Å². The van der Waals surface area contributed by atoms with Crippen LogP contribution in [0.25, 0.3) is 0 Å². The summed E-state index contributed by atoms with van der Waals surface area (Å²) in [6.45, 7) is 5.37. The first-order chi connectivity index (χ1) is 11.9. The van der Waals surface area contributed by atoms with Gasteiger partial charge < -0.3 is 10.6 Å². The normalized spacial score (nSPS) is 11.7. The Morgan fingerprint density at radius 3 is 2.60 bits per heavy atom. The van der Waals surface area contributed by atoms with Gasteiger partial charge in [0.1, 0.15) is 0 Å². The van der Waals surface area contributed by atoms with E-state index in [4.69, 9.17) is 11.6 Å². The molecule has 0 bridgehead atoms. The quantitative estimate of drug-likeness (QED) is 0.688. The van der Waals surface area contributed by atoms with Gasteiger partial charge in [0.15, 0.2) is 0 Å². The molecule has 6 heteroatoms. The fourth-order valence-corrected chi connectivity index (χ4v) is 3.46. The minimum absolute atomic E-state index is 0.0669. The number of benzene rings is 2. The maximum absolute atomic E-state index is 12.6. The maximum Gasteiger partial charge on any atom is 0.237 e. The smallest absolute Gasteiger partial charge is 0.237 e. The summed E-state index contributed by atoms with van der Waals surface area (Å²) in [6, 6.07) is 12.9. The van der Waals surface area contributed by atoms with Gasteiger partial charge in [0.25, 0.3) is 0 Å². The van der Waals surface area contributed by atoms with E-state index in [1.807, 2.05) is 44.2 Å². The molecule has 0 aliphatic carbocycles. The first-order valence-electron chi connectivity index (χ1n) is 8.00. The zero-order chi connectivity index (χ0) is 18.4. The molecule has 0 fully saturated rings. The van der Waals surface area contributed by atoms with Crippen LogP contribution in [0.15, 0.2) is 47.4 Å². The van der Waals surface area contributed by atoms with E-state index >= 15 is 0 Å². The summed E-state index contributed by atoms with van der Waals surface area (Å²) in [4.78, 5) is 24.7. The van der Waals surface area contributed by atoms with E-state index in [0.29, 0.717) is 11.4 Å². The summed E-state index contributed by atoms with van der Waals surface area (Å²) < 4.78 is 0. The minimum atomic E-state index is -0.244. The van der Waals surface area contributed by atoms with Gasteiger partial charge in [-0.3, -0.25) is 9.59 Å². The Labute approximate surface area is 157 Å². The molecule has 1 unspecified atom stereocenters. The van der Waals surface area contributed by atoms with Crippen molar-refractivity contribution in [1.82, 2.24) is 0 Å². The molecule has 0 aliphatic rings. The molecule has 0 aliphatic heterocycles. The van der Waals surface area contributed by atoms with Gasteiger partial charge in [0.2, 0.25) is 11.8 Å². The topological polar surface area (TPSA) is 58.2 Å². The number of thioether (sulfide) groups is 1. The lowest BCUT2D eigenvalue weighted by Gasteiger charge is -2.16. The highest BCUT2D eigenvalue weighted by Gasteiger charge is 2.19. The Bertz CT molecular complexity index is 780. The molecule has 2 amide bonds. The highest BCUT2D eigenvalue weighted by atomic mass is 35.5. The van der Waals surface area contributed by atoms with Crippen molar-refractivity contribution in [2.24, 2.45) is 0 Å². The molecule has 0 radical (unpaired) electrons. The van der Waals surface area contributed by atoms with Crippen LogP contribution in [0.2, 0.25) is 5.02 Å². The number of anilines is 2. The molecule has 2 rings (SSSR count). The van der Waals surface area contributed by atoms with Crippen molar-refractivity contribution < 1.29 is 9.59 Å². The number of amides is 2. The lowest BCUT2D eigenvalue weighted by atomic mass is 10.2. The molecule has 0 aromatic heterocycles. The van der Waals surface area contributed by atoms with Crippen LogP contribution >= 0.6 is 23.4 Å². The molecule has 0 spiro atoms. The summed E-state index contributed by atoms with van der Waals surface area (Å²) in [7, 11) is 0. The molecule has 0 heterocycles. The van der Waals surface area contributed by atoms with Gasteiger partial charge in [-0.15, -0.1) is 11.8 Å². The highest BCUT2D eigenvalue weighted by Crippen LogP contribution is 2.29. The SMILES string of the molecule is CCC(Sc1cccc(NC(C)=O)c1)C(=O)Nc1cc(Cl)ccc1C. The van der Waals surface area contributed by atoms with Crippen LogP contribution in [0.3, 0.4) is 0 Å². The third-order valence-electron chi connectivity index (χ3n) is 3.55. The Balaban J connectivity index is 2.10. The second kappa shape index (κ2) is 8.92. The van der Waals surface area contributed by atoms with Crippen molar-refractivity contribution in [3.05, 3.63) is 53.1 Å². The van der Waals surface area contributed by atoms with Gasteiger partial charge in [-0.05, 0) is 49.2 Å². The van der Waals surface area contributed by atoms with Crippen LogP contribution in [0.5, 0.6) is 0 Å². The van der Waals surface area contributed by atoms with Gasteiger partial charge in [-0.2, -0.15) is 0 Å². The molecule has 4 nitrogen and oxygen atoms in total. The van der Waals surface area contributed by atoms with E-state index in [-0.39, 0.29) is 17.1 Å². The van der Waals surface area contributed by atoms with Crippen molar-refractivity contribution in [2.75, 3.05) is 10.6 Å². The number of carbonyl (C=O) groups excluding carboxylic acids is 2. The van der Waals surface area contributed by atoms with Gasteiger partial charge in [-0.25, -0.2) is 0 Å². The zero-order valence-corrected chi connectivity index (χ0v) is 16.0. The number of nitrogens with one attached hydrogen (secondary N) is 2. The predicted octanol–water partition coefficient (Wildman–Crippen LogP) is 5.12. The minimum Gasteiger partial charge on any atom is -0.326 e.